The lowest BCUT2D eigenvalue weighted by Crippen LogP contribution is -2.08. The highest BCUT2D eigenvalue weighted by Crippen LogP contribution is 2.31. The van der Waals surface area contributed by atoms with E-state index in [4.69, 9.17) is 5.73 Å². The van der Waals surface area contributed by atoms with Crippen molar-refractivity contribution in [3.8, 4) is 0 Å². The van der Waals surface area contributed by atoms with Crippen LogP contribution in [-0.2, 0) is 4.79 Å². The van der Waals surface area contributed by atoms with E-state index in [0.29, 0.717) is 5.92 Å². The number of rotatable bonds is 2. The summed E-state index contributed by atoms with van der Waals surface area (Å²) in [4.78, 5) is 11.1. The van der Waals surface area contributed by atoms with Crippen molar-refractivity contribution in [2.24, 2.45) is 11.7 Å². The van der Waals surface area contributed by atoms with E-state index in [1.54, 1.807) is 6.92 Å². The predicted octanol–water partition coefficient (Wildman–Crippen LogP) is 1.61. The van der Waals surface area contributed by atoms with Gasteiger partial charge in [-0.15, -0.1) is 0 Å². The van der Waals surface area contributed by atoms with E-state index < -0.39 is 0 Å². The highest BCUT2D eigenvalue weighted by Gasteiger charge is 2.25. The Balaban J connectivity index is 2.84. The second-order valence-corrected chi connectivity index (χ2v) is 3.14. The molecule has 11 heavy (non-hydrogen) atoms. The van der Waals surface area contributed by atoms with Crippen molar-refractivity contribution >= 4 is 5.78 Å². The van der Waals surface area contributed by atoms with E-state index >= 15 is 0 Å². The van der Waals surface area contributed by atoms with Gasteiger partial charge in [0.15, 0.2) is 5.78 Å². The fourth-order valence-electron chi connectivity index (χ4n) is 1.79. The molecule has 0 fully saturated rings. The summed E-state index contributed by atoms with van der Waals surface area (Å²) < 4.78 is 0. The van der Waals surface area contributed by atoms with Crippen LogP contribution in [0.15, 0.2) is 11.3 Å². The minimum atomic E-state index is 0.159. The molecule has 0 radical (unpaired) electrons. The highest BCUT2D eigenvalue weighted by atomic mass is 16.1. The highest BCUT2D eigenvalue weighted by molar-refractivity contribution is 5.94. The van der Waals surface area contributed by atoms with Gasteiger partial charge >= 0.3 is 0 Å². The average Bonchev–Trinajstić information content (AvgIpc) is 2.30. The van der Waals surface area contributed by atoms with Crippen molar-refractivity contribution in [3.05, 3.63) is 11.3 Å². The first kappa shape index (κ1) is 8.31. The number of carbonyl (C=O) groups excluding carboxylic acids is 1. The third-order valence-corrected chi connectivity index (χ3v) is 2.39. The van der Waals surface area contributed by atoms with Gasteiger partial charge in [0.05, 0.1) is 0 Å². The maximum Gasteiger partial charge on any atom is 0.157 e. The molecule has 0 heterocycles. The third-order valence-electron chi connectivity index (χ3n) is 2.39. The van der Waals surface area contributed by atoms with Crippen molar-refractivity contribution in [1.29, 1.82) is 0 Å². The number of hydrogen-bond donors (Lipinski definition) is 1. The minimum Gasteiger partial charge on any atom is -0.402 e. The van der Waals surface area contributed by atoms with Crippen molar-refractivity contribution in [2.75, 3.05) is 0 Å². The molecule has 1 atom stereocenters. The lowest BCUT2D eigenvalue weighted by atomic mass is 9.96. The summed E-state index contributed by atoms with van der Waals surface area (Å²) in [5, 5.41) is 0. The summed E-state index contributed by atoms with van der Waals surface area (Å²) in [5.41, 5.74) is 7.42. The van der Waals surface area contributed by atoms with Gasteiger partial charge in [0.2, 0.25) is 0 Å². The molecule has 62 valence electrons. The number of ketones is 1. The molecule has 0 unspecified atom stereocenters. The van der Waals surface area contributed by atoms with Crippen LogP contribution in [0, 0.1) is 5.92 Å². The topological polar surface area (TPSA) is 43.1 Å². The Bertz CT molecular complexity index is 206. The quantitative estimate of drug-likeness (QED) is 0.655. The van der Waals surface area contributed by atoms with Gasteiger partial charge in [-0.1, -0.05) is 6.92 Å². The van der Waals surface area contributed by atoms with Crippen molar-refractivity contribution in [3.63, 3.8) is 0 Å². The van der Waals surface area contributed by atoms with Crippen LogP contribution in [0.1, 0.15) is 33.1 Å². The van der Waals surface area contributed by atoms with Gasteiger partial charge in [-0.2, -0.15) is 0 Å². The molecule has 0 aliphatic heterocycles. The number of hydrogen-bond acceptors (Lipinski definition) is 2. The van der Waals surface area contributed by atoms with Crippen LogP contribution >= 0.6 is 0 Å². The molecular weight excluding hydrogens is 138 g/mol. The number of carbonyl (C=O) groups is 1. The van der Waals surface area contributed by atoms with Crippen LogP contribution in [-0.4, -0.2) is 5.78 Å². The maximum atomic E-state index is 11.1. The summed E-state index contributed by atoms with van der Waals surface area (Å²) in [6, 6.07) is 0. The van der Waals surface area contributed by atoms with Crippen LogP contribution in [0.3, 0.4) is 0 Å². The zero-order chi connectivity index (χ0) is 8.43. The average molecular weight is 153 g/mol. The van der Waals surface area contributed by atoms with E-state index in [1.165, 1.54) is 0 Å². The van der Waals surface area contributed by atoms with Gasteiger partial charge in [0.1, 0.15) is 0 Å². The number of Topliss-reactive ketones (excluding diaryl/α,β-unsaturated/α-hetero) is 1. The Morgan fingerprint density at radius 2 is 2.36 bits per heavy atom. The van der Waals surface area contributed by atoms with E-state index in [9.17, 15) is 4.79 Å². The molecule has 0 saturated heterocycles. The zero-order valence-electron chi connectivity index (χ0n) is 7.18. The van der Waals surface area contributed by atoms with E-state index in [2.05, 4.69) is 6.92 Å². The Morgan fingerprint density at radius 3 is 2.73 bits per heavy atom. The first-order valence-corrected chi connectivity index (χ1v) is 4.16. The summed E-state index contributed by atoms with van der Waals surface area (Å²) in [7, 11) is 0. The number of nitrogens with two attached hydrogens (primary N) is 1. The molecule has 1 aliphatic carbocycles. The summed E-state index contributed by atoms with van der Waals surface area (Å²) >= 11 is 0. The fourth-order valence-corrected chi connectivity index (χ4v) is 1.79. The van der Waals surface area contributed by atoms with E-state index in [1.807, 2.05) is 0 Å². The van der Waals surface area contributed by atoms with Gasteiger partial charge in [0.25, 0.3) is 0 Å². The van der Waals surface area contributed by atoms with Crippen LogP contribution in [0.25, 0.3) is 0 Å². The van der Waals surface area contributed by atoms with Crippen molar-refractivity contribution in [1.82, 2.24) is 0 Å². The second kappa shape index (κ2) is 3.07. The second-order valence-electron chi connectivity index (χ2n) is 3.14. The lowest BCUT2D eigenvalue weighted by molar-refractivity contribution is -0.114. The molecule has 0 amide bonds. The van der Waals surface area contributed by atoms with Gasteiger partial charge < -0.3 is 5.73 Å². The Kier molecular flexibility index (Phi) is 2.32. The Morgan fingerprint density at radius 1 is 1.73 bits per heavy atom. The molecule has 2 heteroatoms. The first-order valence-electron chi connectivity index (χ1n) is 4.16. The SMILES string of the molecule is CC[C@H]1CCC(N)=C1C(C)=O. The van der Waals surface area contributed by atoms with Gasteiger partial charge in [-0.3, -0.25) is 4.79 Å². The molecule has 0 aromatic heterocycles. The lowest BCUT2D eigenvalue weighted by Gasteiger charge is -2.08. The normalized spacial score (nSPS) is 24.4. The van der Waals surface area contributed by atoms with Gasteiger partial charge in [-0.25, -0.2) is 0 Å². The van der Waals surface area contributed by atoms with Crippen molar-refractivity contribution < 1.29 is 4.79 Å². The molecule has 2 N–H and O–H groups in total. The summed E-state index contributed by atoms with van der Waals surface area (Å²) in [6.45, 7) is 3.71. The first-order chi connectivity index (χ1) is 5.16. The van der Waals surface area contributed by atoms with Crippen LogP contribution < -0.4 is 5.73 Å². The standard InChI is InChI=1S/C9H15NO/c1-3-7-4-5-8(10)9(7)6(2)11/h7H,3-5,10H2,1-2H3/t7-/m0/s1. The van der Waals surface area contributed by atoms with E-state index in [0.717, 1.165) is 30.5 Å². The molecule has 0 spiro atoms. The molecule has 1 aliphatic rings. The third kappa shape index (κ3) is 1.44. The van der Waals surface area contributed by atoms with Crippen molar-refractivity contribution in [2.45, 2.75) is 33.1 Å². The summed E-state index contributed by atoms with van der Waals surface area (Å²) in [6.07, 6.45) is 3.01. The Hall–Kier alpha value is -0.790. The monoisotopic (exact) mass is 153 g/mol. The molecule has 1 rings (SSSR count). The molecular formula is C9H15NO. The predicted molar refractivity (Wildman–Crippen MR) is 44.9 cm³/mol. The molecule has 0 aromatic carbocycles. The van der Waals surface area contributed by atoms with E-state index in [-0.39, 0.29) is 5.78 Å². The molecule has 0 bridgehead atoms. The number of allylic oxidation sites excluding steroid dienone is 2. The van der Waals surface area contributed by atoms with Gasteiger partial charge in [-0.05, 0) is 32.1 Å². The maximum absolute atomic E-state index is 11.1. The minimum absolute atomic E-state index is 0.159. The molecule has 2 nitrogen and oxygen atoms in total. The van der Waals surface area contributed by atoms with Crippen LogP contribution in [0.4, 0.5) is 0 Å². The smallest absolute Gasteiger partial charge is 0.157 e. The molecule has 0 saturated carbocycles. The fraction of sp³-hybridized carbons (Fsp3) is 0.667. The van der Waals surface area contributed by atoms with Crippen LogP contribution in [0.2, 0.25) is 0 Å². The summed E-state index contributed by atoms with van der Waals surface area (Å²) in [5.74, 6) is 0.597. The zero-order valence-corrected chi connectivity index (χ0v) is 7.18. The molecule has 0 aromatic rings. The van der Waals surface area contributed by atoms with Gasteiger partial charge in [0, 0.05) is 11.3 Å². The van der Waals surface area contributed by atoms with Crippen LogP contribution in [0.5, 0.6) is 0 Å². The largest absolute Gasteiger partial charge is 0.402 e. The Labute approximate surface area is 67.5 Å².